The van der Waals surface area contributed by atoms with Crippen LogP contribution in [0.15, 0.2) is 54.9 Å². The van der Waals surface area contributed by atoms with Crippen molar-refractivity contribution in [1.82, 2.24) is 20.2 Å². The number of ether oxygens (including phenoxy) is 2. The number of aromatic amines is 1. The van der Waals surface area contributed by atoms with Crippen LogP contribution in [-0.2, 0) is 21.2 Å². The zero-order valence-corrected chi connectivity index (χ0v) is 23.9. The van der Waals surface area contributed by atoms with Gasteiger partial charge in [0.2, 0.25) is 0 Å². The first-order valence-electron chi connectivity index (χ1n) is 13.5. The van der Waals surface area contributed by atoms with E-state index in [1.807, 2.05) is 4.72 Å². The molecule has 0 aliphatic carbocycles. The van der Waals surface area contributed by atoms with Gasteiger partial charge in [-0.1, -0.05) is 18.2 Å². The van der Waals surface area contributed by atoms with Gasteiger partial charge < -0.3 is 20.5 Å². The van der Waals surface area contributed by atoms with E-state index in [1.54, 1.807) is 18.3 Å². The number of nitrogens with zero attached hydrogens (tertiary/aromatic N) is 3. The Morgan fingerprint density at radius 1 is 1.11 bits per heavy atom. The van der Waals surface area contributed by atoms with Crippen molar-refractivity contribution < 1.29 is 35.9 Å². The Bertz CT molecular complexity index is 1710. The fraction of sp³-hybridized carbons (Fsp3) is 0.286. The first-order valence-corrected chi connectivity index (χ1v) is 15.0. The fourth-order valence-corrected chi connectivity index (χ4v) is 5.18. The molecule has 0 atom stereocenters. The van der Waals surface area contributed by atoms with E-state index in [9.17, 15) is 26.4 Å². The number of carbonyl (C=O) groups is 1. The topological polar surface area (TPSA) is 174 Å². The lowest BCUT2D eigenvalue weighted by Crippen LogP contribution is -2.21. The number of hydrogen-bond acceptors (Lipinski definition) is 9. The Balaban J connectivity index is 1.40. The molecule has 2 aromatic heterocycles. The standard InChI is InChI=1S/C28H28F3N7O5S/c29-19-4-1-16(2-5-19)7-12-43-22-13-18(3-6-20(22)38-44(40,41)28(30)31)25-24(26(32)39)27(37-36-25)35-23-15-33-21(14-34-23)17-8-10-42-11-9-17/h1-6,13-15,17,28,38H,7-12H2,(H2,32,39)(H2,34,35,36,37). The third-order valence-corrected chi connectivity index (χ3v) is 7.85. The molecule has 4 aromatic rings. The van der Waals surface area contributed by atoms with E-state index in [0.717, 1.165) is 24.1 Å². The second-order valence-electron chi connectivity index (χ2n) is 9.87. The zero-order valence-electron chi connectivity index (χ0n) is 23.1. The number of benzene rings is 2. The summed E-state index contributed by atoms with van der Waals surface area (Å²) in [6.07, 6.45) is 5.15. The highest BCUT2D eigenvalue weighted by Gasteiger charge is 2.27. The van der Waals surface area contributed by atoms with E-state index in [0.29, 0.717) is 25.5 Å². The van der Waals surface area contributed by atoms with Crippen LogP contribution in [0.25, 0.3) is 11.3 Å². The lowest BCUT2D eigenvalue weighted by atomic mass is 9.97. The predicted octanol–water partition coefficient (Wildman–Crippen LogP) is 4.33. The van der Waals surface area contributed by atoms with Gasteiger partial charge in [0.1, 0.15) is 34.5 Å². The van der Waals surface area contributed by atoms with Crippen molar-refractivity contribution in [2.24, 2.45) is 5.73 Å². The smallest absolute Gasteiger partial charge is 0.355 e. The summed E-state index contributed by atoms with van der Waals surface area (Å²) in [6.45, 7) is 1.30. The number of sulfonamides is 1. The largest absolute Gasteiger partial charge is 0.491 e. The summed E-state index contributed by atoms with van der Waals surface area (Å²) in [5, 5.41) is 9.86. The molecule has 3 heterocycles. The number of nitrogens with two attached hydrogens (primary N) is 1. The van der Waals surface area contributed by atoms with Crippen molar-refractivity contribution in [3.8, 4) is 17.0 Å². The van der Waals surface area contributed by atoms with Gasteiger partial charge in [-0.15, -0.1) is 0 Å². The molecule has 12 nitrogen and oxygen atoms in total. The third-order valence-electron chi connectivity index (χ3n) is 6.88. The Hall–Kier alpha value is -4.70. The number of anilines is 3. The van der Waals surface area contributed by atoms with Gasteiger partial charge in [0.15, 0.2) is 0 Å². The van der Waals surface area contributed by atoms with E-state index in [4.69, 9.17) is 15.2 Å². The minimum absolute atomic E-state index is 0.0168. The van der Waals surface area contributed by atoms with Crippen LogP contribution in [0.4, 0.5) is 30.5 Å². The maximum Gasteiger partial charge on any atom is 0.355 e. The minimum Gasteiger partial charge on any atom is -0.491 e. The number of halogens is 3. The Morgan fingerprint density at radius 2 is 1.86 bits per heavy atom. The maximum atomic E-state index is 13.2. The number of carbonyl (C=O) groups excluding carboxylic acids is 1. The number of H-pyrrole nitrogens is 1. The van der Waals surface area contributed by atoms with Crippen LogP contribution in [0.3, 0.4) is 0 Å². The van der Waals surface area contributed by atoms with Crippen molar-refractivity contribution >= 4 is 33.3 Å². The summed E-state index contributed by atoms with van der Waals surface area (Å²) in [5.41, 5.74) is 7.28. The quantitative estimate of drug-likeness (QED) is 0.177. The van der Waals surface area contributed by atoms with Gasteiger partial charge in [-0.25, -0.2) is 17.8 Å². The first-order chi connectivity index (χ1) is 21.1. The van der Waals surface area contributed by atoms with Crippen LogP contribution in [0, 0.1) is 5.82 Å². The molecule has 1 amide bonds. The molecule has 16 heteroatoms. The first kappa shape index (κ1) is 30.7. The number of hydrogen-bond donors (Lipinski definition) is 4. The monoisotopic (exact) mass is 631 g/mol. The van der Waals surface area contributed by atoms with Crippen molar-refractivity contribution in [3.05, 3.63) is 77.5 Å². The second-order valence-corrected chi connectivity index (χ2v) is 11.5. The van der Waals surface area contributed by atoms with Crippen LogP contribution < -0.4 is 20.5 Å². The predicted molar refractivity (Wildman–Crippen MR) is 155 cm³/mol. The summed E-state index contributed by atoms with van der Waals surface area (Å²) in [4.78, 5) is 21.4. The van der Waals surface area contributed by atoms with E-state index < -0.39 is 27.5 Å². The molecular formula is C28H28F3N7O5S. The summed E-state index contributed by atoms with van der Waals surface area (Å²) < 4.78 is 76.3. The van der Waals surface area contributed by atoms with Crippen LogP contribution in [0.2, 0.25) is 0 Å². The summed E-state index contributed by atoms with van der Waals surface area (Å²) in [6, 6.07) is 9.56. The molecule has 0 spiro atoms. The van der Waals surface area contributed by atoms with Crippen molar-refractivity contribution in [2.75, 3.05) is 29.9 Å². The Kier molecular flexibility index (Phi) is 9.29. The van der Waals surface area contributed by atoms with Crippen LogP contribution >= 0.6 is 0 Å². The molecule has 1 aliphatic rings. The Morgan fingerprint density at radius 3 is 2.52 bits per heavy atom. The van der Waals surface area contributed by atoms with Crippen LogP contribution in [-0.4, -0.2) is 60.1 Å². The summed E-state index contributed by atoms with van der Waals surface area (Å²) in [7, 11) is -5.03. The fourth-order valence-electron chi connectivity index (χ4n) is 4.62. The molecule has 1 fully saturated rings. The van der Waals surface area contributed by atoms with E-state index in [-0.39, 0.29) is 46.6 Å². The molecule has 1 saturated heterocycles. The number of primary amides is 1. The van der Waals surface area contributed by atoms with Gasteiger partial charge in [0, 0.05) is 31.1 Å². The van der Waals surface area contributed by atoms with Gasteiger partial charge >= 0.3 is 5.76 Å². The van der Waals surface area contributed by atoms with Crippen molar-refractivity contribution in [1.29, 1.82) is 0 Å². The van der Waals surface area contributed by atoms with E-state index >= 15 is 0 Å². The average Bonchev–Trinajstić information content (AvgIpc) is 3.43. The molecule has 232 valence electrons. The third kappa shape index (κ3) is 7.26. The van der Waals surface area contributed by atoms with Gasteiger partial charge in [0.25, 0.3) is 15.9 Å². The molecule has 0 saturated carbocycles. The SMILES string of the molecule is NC(=O)c1c(-c2ccc(NS(=O)(=O)C(F)F)c(OCCc3ccc(F)cc3)c2)n[nH]c1Nc1cnc(C2CCOCC2)cn1. The van der Waals surface area contributed by atoms with Crippen LogP contribution in [0.5, 0.6) is 5.75 Å². The number of nitrogens with one attached hydrogen (secondary N) is 3. The van der Waals surface area contributed by atoms with Gasteiger partial charge in [-0.3, -0.25) is 19.6 Å². The average molecular weight is 632 g/mol. The molecular weight excluding hydrogens is 603 g/mol. The maximum absolute atomic E-state index is 13.2. The second kappa shape index (κ2) is 13.3. The minimum atomic E-state index is -5.03. The summed E-state index contributed by atoms with van der Waals surface area (Å²) >= 11 is 0. The Labute approximate surface area is 250 Å². The molecule has 2 aromatic carbocycles. The molecule has 44 heavy (non-hydrogen) atoms. The van der Waals surface area contributed by atoms with Gasteiger partial charge in [-0.2, -0.15) is 13.9 Å². The van der Waals surface area contributed by atoms with Gasteiger partial charge in [0.05, 0.1) is 30.4 Å². The van der Waals surface area contributed by atoms with Crippen molar-refractivity contribution in [2.45, 2.75) is 30.9 Å². The highest BCUT2D eigenvalue weighted by atomic mass is 32.2. The van der Waals surface area contributed by atoms with Crippen LogP contribution in [0.1, 0.15) is 40.4 Å². The highest BCUT2D eigenvalue weighted by Crippen LogP contribution is 2.35. The van der Waals surface area contributed by atoms with Crippen molar-refractivity contribution in [3.63, 3.8) is 0 Å². The molecule has 0 unspecified atom stereocenters. The molecule has 0 radical (unpaired) electrons. The van der Waals surface area contributed by atoms with E-state index in [2.05, 4.69) is 25.5 Å². The highest BCUT2D eigenvalue weighted by molar-refractivity contribution is 7.93. The number of amides is 1. The van der Waals surface area contributed by atoms with Gasteiger partial charge in [-0.05, 0) is 42.7 Å². The number of aromatic nitrogens is 4. The number of rotatable bonds is 12. The number of alkyl halides is 2. The lowest BCUT2D eigenvalue weighted by molar-refractivity contribution is 0.0844. The molecule has 1 aliphatic heterocycles. The lowest BCUT2D eigenvalue weighted by Gasteiger charge is -2.21. The molecule has 5 N–H and O–H groups in total. The van der Waals surface area contributed by atoms with E-state index in [1.165, 1.54) is 36.5 Å². The zero-order chi connectivity index (χ0) is 31.3. The molecule has 0 bridgehead atoms. The molecule has 5 rings (SSSR count). The normalized spacial score (nSPS) is 14.0. The summed E-state index contributed by atoms with van der Waals surface area (Å²) in [5.74, 6) is -4.37.